The molecule has 7 heteroatoms. The minimum Gasteiger partial charge on any atom is -0.234 e. The van der Waals surface area contributed by atoms with Crippen molar-refractivity contribution in [2.24, 2.45) is 0 Å². The molecule has 18 heavy (non-hydrogen) atoms. The van der Waals surface area contributed by atoms with E-state index >= 15 is 0 Å². The molecule has 0 fully saturated rings. The van der Waals surface area contributed by atoms with Crippen molar-refractivity contribution in [1.82, 2.24) is 14.8 Å². The highest BCUT2D eigenvalue weighted by Crippen LogP contribution is 2.15. The Balaban J connectivity index is 2.40. The van der Waals surface area contributed by atoms with Crippen LogP contribution < -0.4 is 0 Å². The summed E-state index contributed by atoms with van der Waals surface area (Å²) in [6.45, 7) is 3.62. The van der Waals surface area contributed by atoms with Gasteiger partial charge in [-0.1, -0.05) is 6.07 Å². The molecule has 5 nitrogen and oxygen atoms in total. The van der Waals surface area contributed by atoms with Crippen LogP contribution in [-0.2, 0) is 14.8 Å². The normalized spacial score (nSPS) is 11.7. The lowest BCUT2D eigenvalue weighted by atomic mass is 10.3. The minimum atomic E-state index is -3.58. The highest BCUT2D eigenvalue weighted by molar-refractivity contribution is 8.13. The monoisotopic (exact) mass is 285 g/mol. The third-order valence-corrected chi connectivity index (χ3v) is 3.42. The van der Waals surface area contributed by atoms with Gasteiger partial charge in [0, 0.05) is 28.1 Å². The molecular weight excluding hydrogens is 274 g/mol. The second-order valence-electron chi connectivity index (χ2n) is 4.00. The van der Waals surface area contributed by atoms with Gasteiger partial charge in [-0.2, -0.15) is 5.10 Å². The van der Waals surface area contributed by atoms with Crippen LogP contribution in [0.5, 0.6) is 0 Å². The molecule has 0 aliphatic rings. The molecule has 0 bridgehead atoms. The fraction of sp³-hybridized carbons (Fsp3) is 0.273. The van der Waals surface area contributed by atoms with Gasteiger partial charge in [0.2, 0.25) is 9.05 Å². The van der Waals surface area contributed by atoms with E-state index in [1.807, 2.05) is 19.1 Å². The lowest BCUT2D eigenvalue weighted by Crippen LogP contribution is -1.99. The van der Waals surface area contributed by atoms with E-state index in [0.717, 1.165) is 5.69 Å². The number of pyridine rings is 1. The summed E-state index contributed by atoms with van der Waals surface area (Å²) >= 11 is 0. The maximum atomic E-state index is 11.1. The first kappa shape index (κ1) is 13.0. The molecule has 0 aromatic carbocycles. The van der Waals surface area contributed by atoms with Crippen molar-refractivity contribution in [3.8, 4) is 5.82 Å². The first-order valence-corrected chi connectivity index (χ1v) is 7.74. The zero-order chi connectivity index (χ0) is 13.3. The van der Waals surface area contributed by atoms with Crippen LogP contribution in [0.3, 0.4) is 0 Å². The lowest BCUT2D eigenvalue weighted by Gasteiger charge is -2.00. The third-order valence-electron chi connectivity index (χ3n) is 2.44. The van der Waals surface area contributed by atoms with Crippen LogP contribution in [0.1, 0.15) is 17.0 Å². The molecular formula is C11H12ClN3O2S. The van der Waals surface area contributed by atoms with Gasteiger partial charge in [-0.25, -0.2) is 18.1 Å². The predicted molar refractivity (Wildman–Crippen MR) is 69.3 cm³/mol. The zero-order valence-corrected chi connectivity index (χ0v) is 11.5. The van der Waals surface area contributed by atoms with Crippen molar-refractivity contribution in [3.05, 3.63) is 41.3 Å². The molecule has 0 saturated carbocycles. The molecule has 0 aliphatic heterocycles. The fourth-order valence-corrected chi connectivity index (χ4v) is 2.60. The Kier molecular flexibility index (Phi) is 3.41. The smallest absolute Gasteiger partial charge is 0.234 e. The van der Waals surface area contributed by atoms with Gasteiger partial charge in [-0.05, 0) is 26.0 Å². The summed E-state index contributed by atoms with van der Waals surface area (Å²) in [5.74, 6) is 0.419. The molecule has 96 valence electrons. The Morgan fingerprint density at radius 2 is 2.06 bits per heavy atom. The molecule has 0 unspecified atom stereocenters. The number of halogens is 1. The summed E-state index contributed by atoms with van der Waals surface area (Å²) < 4.78 is 23.7. The van der Waals surface area contributed by atoms with Gasteiger partial charge in [0.25, 0.3) is 0 Å². The van der Waals surface area contributed by atoms with E-state index < -0.39 is 9.05 Å². The van der Waals surface area contributed by atoms with E-state index in [9.17, 15) is 8.42 Å². The largest absolute Gasteiger partial charge is 0.236 e. The van der Waals surface area contributed by atoms with E-state index in [1.165, 1.54) is 0 Å². The Labute approximate surface area is 110 Å². The average molecular weight is 286 g/mol. The Hall–Kier alpha value is -1.40. The average Bonchev–Trinajstić information content (AvgIpc) is 2.58. The van der Waals surface area contributed by atoms with Crippen LogP contribution in [0.2, 0.25) is 0 Å². The van der Waals surface area contributed by atoms with E-state index in [4.69, 9.17) is 10.7 Å². The maximum Gasteiger partial charge on any atom is 0.236 e. The Morgan fingerprint density at radius 1 is 1.33 bits per heavy atom. The topological polar surface area (TPSA) is 64.8 Å². The van der Waals surface area contributed by atoms with Gasteiger partial charge in [-0.15, -0.1) is 0 Å². The molecule has 0 atom stereocenters. The van der Waals surface area contributed by atoms with E-state index in [2.05, 4.69) is 10.1 Å². The lowest BCUT2D eigenvalue weighted by molar-refractivity contribution is 0.608. The Morgan fingerprint density at radius 3 is 2.67 bits per heavy atom. The number of nitrogens with zero attached hydrogens (tertiary/aromatic N) is 3. The summed E-state index contributed by atoms with van der Waals surface area (Å²) in [6, 6.07) is 5.55. The minimum absolute atomic E-state index is 0.230. The van der Waals surface area contributed by atoms with Crippen molar-refractivity contribution in [3.63, 3.8) is 0 Å². The number of hydrogen-bond acceptors (Lipinski definition) is 4. The van der Waals surface area contributed by atoms with E-state index in [1.54, 1.807) is 23.9 Å². The van der Waals surface area contributed by atoms with E-state index in [0.29, 0.717) is 17.1 Å². The second-order valence-corrected chi connectivity index (χ2v) is 6.78. The summed E-state index contributed by atoms with van der Waals surface area (Å²) in [6.07, 6.45) is 1.64. The fourth-order valence-electron chi connectivity index (χ4n) is 1.60. The predicted octanol–water partition coefficient (Wildman–Crippen LogP) is 1.95. The summed E-state index contributed by atoms with van der Waals surface area (Å²) in [4.78, 5) is 4.31. The van der Waals surface area contributed by atoms with Crippen molar-refractivity contribution in [2.45, 2.75) is 19.6 Å². The van der Waals surface area contributed by atoms with Crippen LogP contribution in [0.4, 0.5) is 0 Å². The highest BCUT2D eigenvalue weighted by atomic mass is 35.7. The van der Waals surface area contributed by atoms with Gasteiger partial charge in [0.15, 0.2) is 5.82 Å². The van der Waals surface area contributed by atoms with Crippen LogP contribution in [-0.4, -0.2) is 23.2 Å². The number of hydrogen-bond donors (Lipinski definition) is 0. The van der Waals surface area contributed by atoms with Crippen molar-refractivity contribution in [1.29, 1.82) is 0 Å². The second kappa shape index (κ2) is 4.70. The Bertz CT molecular complexity index is 679. The molecule has 2 aromatic heterocycles. The van der Waals surface area contributed by atoms with Gasteiger partial charge in [0.1, 0.15) is 0 Å². The van der Waals surface area contributed by atoms with Crippen molar-refractivity contribution >= 4 is 19.7 Å². The molecule has 2 rings (SSSR count). The van der Waals surface area contributed by atoms with Gasteiger partial charge in [-0.3, -0.25) is 0 Å². The summed E-state index contributed by atoms with van der Waals surface area (Å²) in [7, 11) is 1.66. The standard InChI is InChI=1S/C11H12ClN3O2S/c1-8-4-3-5-11(13-8)15-6-10(9(2)14-15)7-18(12,16)17/h3-6H,7H2,1-2H3. The molecule has 0 aliphatic carbocycles. The van der Waals surface area contributed by atoms with Crippen LogP contribution in [0.15, 0.2) is 24.4 Å². The van der Waals surface area contributed by atoms with Crippen molar-refractivity contribution < 1.29 is 8.42 Å². The number of aryl methyl sites for hydroxylation is 2. The van der Waals surface area contributed by atoms with Crippen molar-refractivity contribution in [2.75, 3.05) is 0 Å². The van der Waals surface area contributed by atoms with E-state index in [-0.39, 0.29) is 5.75 Å². The third kappa shape index (κ3) is 3.08. The van der Waals surface area contributed by atoms with Crippen LogP contribution in [0, 0.1) is 13.8 Å². The molecule has 0 amide bonds. The first-order valence-electron chi connectivity index (χ1n) is 5.27. The van der Waals surface area contributed by atoms with Crippen LogP contribution >= 0.6 is 10.7 Å². The SMILES string of the molecule is Cc1cccc(-n2cc(CS(=O)(=O)Cl)c(C)n2)n1. The maximum absolute atomic E-state index is 11.1. The number of aromatic nitrogens is 3. The molecule has 0 spiro atoms. The molecule has 2 aromatic rings. The summed E-state index contributed by atoms with van der Waals surface area (Å²) in [5, 5.41) is 4.24. The number of rotatable bonds is 3. The molecule has 2 heterocycles. The van der Waals surface area contributed by atoms with Crippen LogP contribution in [0.25, 0.3) is 5.82 Å². The molecule has 0 radical (unpaired) electrons. The van der Waals surface area contributed by atoms with Gasteiger partial charge < -0.3 is 0 Å². The highest BCUT2D eigenvalue weighted by Gasteiger charge is 2.13. The zero-order valence-electron chi connectivity index (χ0n) is 9.96. The van der Waals surface area contributed by atoms with Gasteiger partial charge >= 0.3 is 0 Å². The quantitative estimate of drug-likeness (QED) is 0.809. The molecule has 0 saturated heterocycles. The summed E-state index contributed by atoms with van der Waals surface area (Å²) in [5.41, 5.74) is 2.07. The molecule has 0 N–H and O–H groups in total. The van der Waals surface area contributed by atoms with Gasteiger partial charge in [0.05, 0.1) is 11.4 Å². The first-order chi connectivity index (χ1) is 8.35.